The van der Waals surface area contributed by atoms with Crippen molar-refractivity contribution in [3.05, 3.63) is 30.1 Å². The van der Waals surface area contributed by atoms with E-state index in [9.17, 15) is 14.3 Å². The van der Waals surface area contributed by atoms with E-state index in [0.29, 0.717) is 6.42 Å². The van der Waals surface area contributed by atoms with Gasteiger partial charge in [0, 0.05) is 0 Å². The van der Waals surface area contributed by atoms with Crippen molar-refractivity contribution in [1.29, 1.82) is 0 Å². The van der Waals surface area contributed by atoms with Gasteiger partial charge < -0.3 is 15.2 Å². The number of hydrogen-bond donors (Lipinski definition) is 2. The summed E-state index contributed by atoms with van der Waals surface area (Å²) >= 11 is 0. The lowest BCUT2D eigenvalue weighted by Crippen LogP contribution is -2.39. The van der Waals surface area contributed by atoms with Gasteiger partial charge in [-0.25, -0.2) is 4.39 Å². The number of aliphatic hydroxyl groups excluding tert-OH is 1. The zero-order valence-electron chi connectivity index (χ0n) is 11.5. The molecule has 20 heavy (non-hydrogen) atoms. The highest BCUT2D eigenvalue weighted by Crippen LogP contribution is 2.25. The number of aliphatic hydroxyl groups is 1. The molecule has 2 N–H and O–H groups in total. The summed E-state index contributed by atoms with van der Waals surface area (Å²) in [4.78, 5) is 11.9. The Morgan fingerprint density at radius 2 is 2.25 bits per heavy atom. The van der Waals surface area contributed by atoms with Gasteiger partial charge in [-0.3, -0.25) is 4.79 Å². The molecule has 1 fully saturated rings. The first kappa shape index (κ1) is 14.8. The molecule has 110 valence electrons. The Morgan fingerprint density at radius 1 is 1.50 bits per heavy atom. The van der Waals surface area contributed by atoms with Crippen molar-refractivity contribution in [3.8, 4) is 5.75 Å². The highest BCUT2D eigenvalue weighted by Gasteiger charge is 2.31. The van der Waals surface area contributed by atoms with Crippen LogP contribution in [0.5, 0.6) is 5.75 Å². The summed E-state index contributed by atoms with van der Waals surface area (Å²) in [5, 5.41) is 12.4. The van der Waals surface area contributed by atoms with E-state index in [-0.39, 0.29) is 30.2 Å². The van der Waals surface area contributed by atoms with Crippen LogP contribution >= 0.6 is 0 Å². The van der Waals surface area contributed by atoms with Gasteiger partial charge >= 0.3 is 0 Å². The first-order valence-corrected chi connectivity index (χ1v) is 6.95. The molecule has 1 aromatic rings. The number of hydrogen-bond acceptors (Lipinski definition) is 3. The molecular weight excluding hydrogens is 261 g/mol. The van der Waals surface area contributed by atoms with Crippen molar-refractivity contribution in [2.24, 2.45) is 5.92 Å². The van der Waals surface area contributed by atoms with E-state index in [0.717, 1.165) is 12.8 Å². The number of rotatable bonds is 5. The molecule has 1 aromatic carbocycles. The van der Waals surface area contributed by atoms with E-state index in [2.05, 4.69) is 5.32 Å². The van der Waals surface area contributed by atoms with Gasteiger partial charge in [-0.15, -0.1) is 0 Å². The fraction of sp³-hybridized carbons (Fsp3) is 0.533. The lowest BCUT2D eigenvalue weighted by atomic mass is 10.1. The number of amides is 1. The van der Waals surface area contributed by atoms with Crippen LogP contribution in [0.4, 0.5) is 4.39 Å². The second kappa shape index (κ2) is 6.70. The summed E-state index contributed by atoms with van der Waals surface area (Å²) in [5.41, 5.74) is 0. The zero-order valence-corrected chi connectivity index (χ0v) is 11.5. The molecule has 5 heteroatoms. The Labute approximate surface area is 117 Å². The maximum absolute atomic E-state index is 13.4. The summed E-state index contributed by atoms with van der Waals surface area (Å²) in [6, 6.07) is 6.17. The summed E-state index contributed by atoms with van der Waals surface area (Å²) in [6.07, 6.45) is 1.39. The van der Waals surface area contributed by atoms with Crippen molar-refractivity contribution in [1.82, 2.24) is 5.32 Å². The molecule has 0 spiro atoms. The Bertz CT molecular complexity index is 466. The first-order valence-electron chi connectivity index (χ1n) is 6.95. The Kier molecular flexibility index (Phi) is 4.95. The van der Waals surface area contributed by atoms with E-state index in [1.54, 1.807) is 25.1 Å². The molecule has 0 bridgehead atoms. The van der Waals surface area contributed by atoms with Gasteiger partial charge in [-0.05, 0) is 38.3 Å². The molecule has 3 atom stereocenters. The van der Waals surface area contributed by atoms with Gasteiger partial charge in [0.05, 0.1) is 18.6 Å². The third-order valence-corrected chi connectivity index (χ3v) is 3.54. The summed E-state index contributed by atoms with van der Waals surface area (Å²) in [5.74, 6) is -0.721. The average Bonchev–Trinajstić information content (AvgIpc) is 2.85. The molecule has 1 aliphatic rings. The van der Waals surface area contributed by atoms with Crippen LogP contribution in [-0.2, 0) is 4.79 Å². The fourth-order valence-corrected chi connectivity index (χ4v) is 2.42. The van der Waals surface area contributed by atoms with Crippen LogP contribution in [0.25, 0.3) is 0 Å². The molecule has 0 aromatic heterocycles. The highest BCUT2D eigenvalue weighted by molar-refractivity contribution is 5.79. The SMILES string of the molecule is CC(CNC(=O)C1CCCC1O)Oc1ccccc1F. The number of nitrogens with one attached hydrogen (secondary N) is 1. The minimum atomic E-state index is -0.544. The Hall–Kier alpha value is -1.62. The predicted octanol–water partition coefficient (Wildman–Crippen LogP) is 1.87. The van der Waals surface area contributed by atoms with Crippen LogP contribution in [0.1, 0.15) is 26.2 Å². The number of ether oxygens (including phenoxy) is 1. The summed E-state index contributed by atoms with van der Waals surface area (Å²) in [7, 11) is 0. The maximum Gasteiger partial charge on any atom is 0.225 e. The third kappa shape index (κ3) is 3.70. The first-order chi connectivity index (χ1) is 9.58. The Morgan fingerprint density at radius 3 is 2.90 bits per heavy atom. The number of carbonyl (C=O) groups excluding carboxylic acids is 1. The molecular formula is C15H20FNO3. The number of para-hydroxylation sites is 1. The second-order valence-electron chi connectivity index (χ2n) is 5.21. The van der Waals surface area contributed by atoms with Gasteiger partial charge in [0.1, 0.15) is 6.10 Å². The van der Waals surface area contributed by atoms with E-state index >= 15 is 0 Å². The largest absolute Gasteiger partial charge is 0.486 e. The average molecular weight is 281 g/mol. The standard InChI is InChI=1S/C15H20FNO3/c1-10(20-14-8-3-2-6-12(14)16)9-17-15(19)11-5-4-7-13(11)18/h2-3,6,8,10-11,13,18H,4-5,7,9H2,1H3,(H,17,19). The van der Waals surface area contributed by atoms with Crippen LogP contribution in [0, 0.1) is 11.7 Å². The van der Waals surface area contributed by atoms with Crippen molar-refractivity contribution in [2.45, 2.75) is 38.4 Å². The molecule has 4 nitrogen and oxygen atoms in total. The second-order valence-corrected chi connectivity index (χ2v) is 5.21. The van der Waals surface area contributed by atoms with E-state index in [1.807, 2.05) is 0 Å². The van der Waals surface area contributed by atoms with Crippen molar-refractivity contribution in [3.63, 3.8) is 0 Å². The van der Waals surface area contributed by atoms with Gasteiger partial charge in [0.2, 0.25) is 5.91 Å². The molecule has 1 amide bonds. The van der Waals surface area contributed by atoms with Gasteiger partial charge in [0.25, 0.3) is 0 Å². The van der Waals surface area contributed by atoms with Crippen LogP contribution in [0.15, 0.2) is 24.3 Å². The molecule has 0 radical (unpaired) electrons. The van der Waals surface area contributed by atoms with Crippen molar-refractivity contribution < 1.29 is 19.0 Å². The maximum atomic E-state index is 13.4. The summed E-state index contributed by atoms with van der Waals surface area (Å²) < 4.78 is 18.8. The van der Waals surface area contributed by atoms with Crippen molar-refractivity contribution >= 4 is 5.91 Å². The van der Waals surface area contributed by atoms with E-state index in [1.165, 1.54) is 6.07 Å². The van der Waals surface area contributed by atoms with Crippen LogP contribution in [-0.4, -0.2) is 29.8 Å². The third-order valence-electron chi connectivity index (χ3n) is 3.54. The fourth-order valence-electron chi connectivity index (χ4n) is 2.42. The molecule has 0 saturated heterocycles. The van der Waals surface area contributed by atoms with Crippen LogP contribution in [0.2, 0.25) is 0 Å². The van der Waals surface area contributed by atoms with Crippen molar-refractivity contribution in [2.75, 3.05) is 6.54 Å². The number of carbonyl (C=O) groups is 1. The quantitative estimate of drug-likeness (QED) is 0.866. The van der Waals surface area contributed by atoms with Crippen LogP contribution < -0.4 is 10.1 Å². The zero-order chi connectivity index (χ0) is 14.5. The smallest absolute Gasteiger partial charge is 0.225 e. The minimum absolute atomic E-state index is 0.154. The minimum Gasteiger partial charge on any atom is -0.486 e. The lowest BCUT2D eigenvalue weighted by Gasteiger charge is -2.18. The number of halogens is 1. The normalized spacial score (nSPS) is 23.4. The molecule has 1 saturated carbocycles. The molecule has 0 heterocycles. The van der Waals surface area contributed by atoms with E-state index in [4.69, 9.17) is 4.74 Å². The van der Waals surface area contributed by atoms with Crippen LogP contribution in [0.3, 0.4) is 0 Å². The molecule has 2 rings (SSSR count). The predicted molar refractivity (Wildman–Crippen MR) is 72.8 cm³/mol. The highest BCUT2D eigenvalue weighted by atomic mass is 19.1. The van der Waals surface area contributed by atoms with Gasteiger partial charge in [0.15, 0.2) is 11.6 Å². The van der Waals surface area contributed by atoms with E-state index < -0.39 is 11.9 Å². The lowest BCUT2D eigenvalue weighted by molar-refractivity contribution is -0.127. The molecule has 1 aliphatic carbocycles. The monoisotopic (exact) mass is 281 g/mol. The summed E-state index contributed by atoms with van der Waals surface area (Å²) in [6.45, 7) is 2.05. The molecule has 0 aliphatic heterocycles. The molecule has 3 unspecified atom stereocenters. The Balaban J connectivity index is 1.79. The topological polar surface area (TPSA) is 58.6 Å². The number of benzene rings is 1. The van der Waals surface area contributed by atoms with Gasteiger partial charge in [-0.1, -0.05) is 12.1 Å². The van der Waals surface area contributed by atoms with Gasteiger partial charge in [-0.2, -0.15) is 0 Å².